The lowest BCUT2D eigenvalue weighted by Gasteiger charge is -2.26. The van der Waals surface area contributed by atoms with E-state index in [-0.39, 0.29) is 33.2 Å². The third-order valence-corrected chi connectivity index (χ3v) is 6.72. The minimum Gasteiger partial charge on any atom is -0.348 e. The van der Waals surface area contributed by atoms with Crippen molar-refractivity contribution in [2.75, 3.05) is 16.8 Å². The second-order valence-electron chi connectivity index (χ2n) is 7.44. The fraction of sp³-hybridized carbons (Fsp3) is 0.238. The molecule has 1 aliphatic heterocycles. The van der Waals surface area contributed by atoms with Gasteiger partial charge in [0.15, 0.2) is 11.5 Å². The summed E-state index contributed by atoms with van der Waals surface area (Å²) < 4.78 is 40.9. The van der Waals surface area contributed by atoms with Crippen molar-refractivity contribution in [1.29, 1.82) is 0 Å². The van der Waals surface area contributed by atoms with E-state index >= 15 is 0 Å². The molecule has 1 aromatic carbocycles. The van der Waals surface area contributed by atoms with Gasteiger partial charge in [-0.25, -0.2) is 9.67 Å². The van der Waals surface area contributed by atoms with Crippen molar-refractivity contribution in [1.82, 2.24) is 20.1 Å². The van der Waals surface area contributed by atoms with Crippen LogP contribution in [0.15, 0.2) is 36.5 Å². The van der Waals surface area contributed by atoms with Crippen LogP contribution in [0.2, 0.25) is 10.0 Å². The minimum atomic E-state index is -4.82. The minimum absolute atomic E-state index is 0.00511. The van der Waals surface area contributed by atoms with E-state index in [4.69, 9.17) is 23.2 Å². The van der Waals surface area contributed by atoms with Crippen molar-refractivity contribution in [3.05, 3.63) is 69.1 Å². The number of pyridine rings is 1. The summed E-state index contributed by atoms with van der Waals surface area (Å²) in [6, 6.07) is 6.40. The summed E-state index contributed by atoms with van der Waals surface area (Å²) in [6.07, 6.45) is -3.51. The van der Waals surface area contributed by atoms with Crippen LogP contribution in [0, 0.1) is 6.92 Å². The van der Waals surface area contributed by atoms with Gasteiger partial charge in [-0.15, -0.1) is 0 Å². The van der Waals surface area contributed by atoms with E-state index in [1.807, 2.05) is 0 Å². The standard InChI is InChI=1S/C21H16Cl2F3N5O2S/c1-10-5-11(22)6-13(19(32)28-12-8-34-9-12)17(10)29-20(33)15-7-16(21(24,25)26)30-31(15)18-14(23)3-2-4-27-18/h2-7,12H,8-9H2,1H3,(H,28,32)(H,29,33). The molecule has 0 bridgehead atoms. The fourth-order valence-corrected chi connectivity index (χ4v) is 4.34. The topological polar surface area (TPSA) is 88.9 Å². The predicted octanol–water partition coefficient (Wildman–Crippen LogP) is 5.00. The average Bonchev–Trinajstić information content (AvgIpc) is 3.18. The molecule has 0 atom stereocenters. The first-order valence-corrected chi connectivity index (χ1v) is 11.7. The molecule has 4 rings (SSSR count). The summed E-state index contributed by atoms with van der Waals surface area (Å²) in [6.45, 7) is 1.62. The SMILES string of the molecule is Cc1cc(Cl)cc(C(=O)NC2CSC2)c1NC(=O)c1cc(C(F)(F)F)nn1-c1ncccc1Cl. The molecule has 0 radical (unpaired) electrons. The van der Waals surface area contributed by atoms with E-state index in [2.05, 4.69) is 20.7 Å². The lowest BCUT2D eigenvalue weighted by molar-refractivity contribution is -0.141. The number of rotatable bonds is 5. The number of thioether (sulfide) groups is 1. The zero-order chi connectivity index (χ0) is 24.6. The van der Waals surface area contributed by atoms with Crippen molar-refractivity contribution in [3.63, 3.8) is 0 Å². The van der Waals surface area contributed by atoms with Crippen LogP contribution < -0.4 is 10.6 Å². The molecular weight excluding hydrogens is 514 g/mol. The molecule has 2 aromatic heterocycles. The van der Waals surface area contributed by atoms with Gasteiger partial charge in [-0.1, -0.05) is 23.2 Å². The Morgan fingerprint density at radius 2 is 1.91 bits per heavy atom. The molecule has 1 aliphatic rings. The van der Waals surface area contributed by atoms with Crippen LogP contribution in [0.4, 0.5) is 18.9 Å². The number of nitrogens with zero attached hydrogens (tertiary/aromatic N) is 3. The molecule has 3 aromatic rings. The van der Waals surface area contributed by atoms with Gasteiger partial charge in [-0.2, -0.15) is 30.0 Å². The van der Waals surface area contributed by atoms with Crippen LogP contribution in [0.5, 0.6) is 0 Å². The fourth-order valence-electron chi connectivity index (χ4n) is 3.22. The van der Waals surface area contributed by atoms with Gasteiger partial charge in [0.1, 0.15) is 5.69 Å². The average molecular weight is 530 g/mol. The van der Waals surface area contributed by atoms with Gasteiger partial charge < -0.3 is 10.6 Å². The molecule has 178 valence electrons. The van der Waals surface area contributed by atoms with Gasteiger partial charge >= 0.3 is 6.18 Å². The molecule has 34 heavy (non-hydrogen) atoms. The van der Waals surface area contributed by atoms with Gasteiger partial charge in [-0.05, 0) is 36.8 Å². The quantitative estimate of drug-likeness (QED) is 0.485. The van der Waals surface area contributed by atoms with Gasteiger partial charge in [0.05, 0.1) is 16.3 Å². The maximum Gasteiger partial charge on any atom is 0.435 e. The number of carbonyl (C=O) groups excluding carboxylic acids is 2. The molecule has 1 fully saturated rings. The molecule has 2 N–H and O–H groups in total. The molecule has 0 saturated carbocycles. The number of carbonyl (C=O) groups is 2. The number of aromatic nitrogens is 3. The molecular formula is C21H16Cl2F3N5O2S. The maximum atomic E-state index is 13.4. The molecule has 3 heterocycles. The third-order valence-electron chi connectivity index (χ3n) is 4.93. The third kappa shape index (κ3) is 5.01. The lowest BCUT2D eigenvalue weighted by Crippen LogP contribution is -2.44. The van der Waals surface area contributed by atoms with Gasteiger partial charge in [0.25, 0.3) is 11.8 Å². The molecule has 0 spiro atoms. The first-order valence-electron chi connectivity index (χ1n) is 9.83. The first kappa shape index (κ1) is 24.4. The summed E-state index contributed by atoms with van der Waals surface area (Å²) in [5, 5.41) is 9.17. The molecule has 0 unspecified atom stereocenters. The lowest BCUT2D eigenvalue weighted by atomic mass is 10.1. The Morgan fingerprint density at radius 1 is 1.18 bits per heavy atom. The summed E-state index contributed by atoms with van der Waals surface area (Å²) >= 11 is 13.9. The largest absolute Gasteiger partial charge is 0.435 e. The number of hydrogen-bond donors (Lipinski definition) is 2. The number of nitrogens with one attached hydrogen (secondary N) is 2. The van der Waals surface area contributed by atoms with E-state index in [0.717, 1.165) is 16.2 Å². The van der Waals surface area contributed by atoms with Crippen molar-refractivity contribution >= 4 is 52.5 Å². The predicted molar refractivity (Wildman–Crippen MR) is 124 cm³/mol. The molecule has 1 saturated heterocycles. The van der Waals surface area contributed by atoms with E-state index in [0.29, 0.717) is 11.6 Å². The van der Waals surface area contributed by atoms with Crippen LogP contribution in [-0.4, -0.2) is 44.1 Å². The second kappa shape index (κ2) is 9.47. The summed E-state index contributed by atoms with van der Waals surface area (Å²) in [5.74, 6) is -0.0287. The summed E-state index contributed by atoms with van der Waals surface area (Å²) in [5.41, 5.74) is -1.11. The Morgan fingerprint density at radius 3 is 2.53 bits per heavy atom. The smallest absolute Gasteiger partial charge is 0.348 e. The van der Waals surface area contributed by atoms with Crippen molar-refractivity contribution in [2.45, 2.75) is 19.1 Å². The van der Waals surface area contributed by atoms with Crippen LogP contribution >= 0.6 is 35.0 Å². The number of halogens is 5. The molecule has 0 aliphatic carbocycles. The van der Waals surface area contributed by atoms with E-state index in [9.17, 15) is 22.8 Å². The first-order chi connectivity index (χ1) is 16.0. The molecule has 13 heteroatoms. The Hall–Kier alpha value is -2.76. The van der Waals surface area contributed by atoms with Gasteiger partial charge in [-0.3, -0.25) is 9.59 Å². The zero-order valence-electron chi connectivity index (χ0n) is 17.4. The molecule has 2 amide bonds. The number of hydrogen-bond acceptors (Lipinski definition) is 5. The maximum absolute atomic E-state index is 13.4. The number of amides is 2. The monoisotopic (exact) mass is 529 g/mol. The number of alkyl halides is 3. The highest BCUT2D eigenvalue weighted by atomic mass is 35.5. The van der Waals surface area contributed by atoms with Crippen LogP contribution in [0.25, 0.3) is 5.82 Å². The normalized spacial score (nSPS) is 13.9. The summed E-state index contributed by atoms with van der Waals surface area (Å²) in [7, 11) is 0. The number of aryl methyl sites for hydroxylation is 1. The number of benzene rings is 1. The highest BCUT2D eigenvalue weighted by molar-refractivity contribution is 8.00. The number of anilines is 1. The van der Waals surface area contributed by atoms with E-state index in [1.54, 1.807) is 18.7 Å². The van der Waals surface area contributed by atoms with Crippen LogP contribution in [0.1, 0.15) is 32.1 Å². The van der Waals surface area contributed by atoms with E-state index < -0.39 is 29.4 Å². The highest BCUT2D eigenvalue weighted by Crippen LogP contribution is 2.32. The van der Waals surface area contributed by atoms with Gasteiger partial charge in [0.2, 0.25) is 0 Å². The Labute approximate surface area is 206 Å². The van der Waals surface area contributed by atoms with E-state index in [1.165, 1.54) is 30.5 Å². The van der Waals surface area contributed by atoms with Crippen molar-refractivity contribution in [3.8, 4) is 5.82 Å². The van der Waals surface area contributed by atoms with Crippen molar-refractivity contribution < 1.29 is 22.8 Å². The van der Waals surface area contributed by atoms with Crippen molar-refractivity contribution in [2.24, 2.45) is 0 Å². The molecule has 7 nitrogen and oxygen atoms in total. The highest BCUT2D eigenvalue weighted by Gasteiger charge is 2.37. The summed E-state index contributed by atoms with van der Waals surface area (Å²) in [4.78, 5) is 30.0. The Balaban J connectivity index is 1.74. The zero-order valence-corrected chi connectivity index (χ0v) is 19.7. The second-order valence-corrected chi connectivity index (χ2v) is 9.36. The van der Waals surface area contributed by atoms with Gasteiger partial charge in [0, 0.05) is 34.8 Å². The van der Waals surface area contributed by atoms with Crippen LogP contribution in [0.3, 0.4) is 0 Å². The Bertz CT molecular complexity index is 1280. The Kier molecular flexibility index (Phi) is 6.79. The van der Waals surface area contributed by atoms with Crippen LogP contribution in [-0.2, 0) is 6.18 Å².